The molecule has 2 heterocycles. The predicted octanol–water partition coefficient (Wildman–Crippen LogP) is 7.67. The smallest absolute Gasteiger partial charge is 0.296 e. The molecule has 0 fully saturated rings. The Bertz CT molecular complexity index is 1480. The van der Waals surface area contributed by atoms with Crippen molar-refractivity contribution in [3.05, 3.63) is 70.4 Å². The van der Waals surface area contributed by atoms with E-state index in [1.54, 1.807) is 62.4 Å². The van der Waals surface area contributed by atoms with Crippen LogP contribution in [0.25, 0.3) is 22.5 Å². The van der Waals surface area contributed by atoms with E-state index in [4.69, 9.17) is 0 Å². The highest BCUT2D eigenvalue weighted by atomic mass is 32.1. The van der Waals surface area contributed by atoms with Crippen LogP contribution in [0.1, 0.15) is 11.1 Å². The summed E-state index contributed by atoms with van der Waals surface area (Å²) >= 11 is 0.994. The summed E-state index contributed by atoms with van der Waals surface area (Å²) < 4.78 is 116. The van der Waals surface area contributed by atoms with E-state index in [1.165, 1.54) is 21.4 Å². The maximum atomic E-state index is 14.5. The van der Waals surface area contributed by atoms with Crippen molar-refractivity contribution in [3.8, 4) is 22.5 Å². The van der Waals surface area contributed by atoms with E-state index in [9.17, 15) is 44.7 Å². The average molecular weight is 635 g/mol. The summed E-state index contributed by atoms with van der Waals surface area (Å²) in [4.78, 5) is 31.5. The number of amides is 2. The lowest BCUT2D eigenvalue weighted by atomic mass is 9.97. The summed E-state index contributed by atoms with van der Waals surface area (Å²) in [5.74, 6) is -32.9. The molecular weight excluding hydrogens is 616 g/mol. The summed E-state index contributed by atoms with van der Waals surface area (Å²) in [5.41, 5.74) is 2.91. The third-order valence-electron chi connectivity index (χ3n) is 5.90. The topological polar surface area (TPSA) is 84.0 Å². The zero-order valence-electron chi connectivity index (χ0n) is 21.3. The quantitative estimate of drug-likeness (QED) is 0.185. The van der Waals surface area contributed by atoms with Crippen LogP contribution >= 0.6 is 22.7 Å². The first-order chi connectivity index (χ1) is 19.5. The first-order valence-corrected chi connectivity index (χ1v) is 13.4. The SMILES string of the molecule is Cc1ccc(-c2csc(NC(=O)C(F)(F)C(F)(F)C(F)(F)C(F)(F)C(=O)Nc3nc(-c4ccc(C)cc4)cs3)n2)cc1. The third kappa shape index (κ3) is 5.60. The molecule has 0 spiro atoms. The fourth-order valence-corrected chi connectivity index (χ4v) is 4.84. The van der Waals surface area contributed by atoms with Gasteiger partial charge in [-0.15, -0.1) is 22.7 Å². The van der Waals surface area contributed by atoms with Crippen LogP contribution in [-0.4, -0.2) is 45.5 Å². The van der Waals surface area contributed by atoms with Gasteiger partial charge >= 0.3 is 35.5 Å². The Morgan fingerprint density at radius 1 is 0.595 bits per heavy atom. The lowest BCUT2D eigenvalue weighted by molar-refractivity contribution is -0.345. The number of benzene rings is 2. The first-order valence-electron chi connectivity index (χ1n) is 11.7. The number of hydrogen-bond acceptors (Lipinski definition) is 6. The van der Waals surface area contributed by atoms with Crippen molar-refractivity contribution in [3.63, 3.8) is 0 Å². The molecule has 2 aromatic carbocycles. The van der Waals surface area contributed by atoms with Crippen molar-refractivity contribution in [2.45, 2.75) is 37.5 Å². The number of carbonyl (C=O) groups excluding carboxylic acids is 2. The van der Waals surface area contributed by atoms with Gasteiger partial charge in [-0.05, 0) is 13.8 Å². The molecule has 0 aliphatic carbocycles. The molecule has 0 aliphatic heterocycles. The molecule has 16 heteroatoms. The summed E-state index contributed by atoms with van der Waals surface area (Å²) in [6.45, 7) is 3.56. The fourth-order valence-electron chi connectivity index (χ4n) is 3.41. The fraction of sp³-hybridized carbons (Fsp3) is 0.231. The second-order valence-electron chi connectivity index (χ2n) is 9.01. The molecule has 0 saturated carbocycles. The van der Waals surface area contributed by atoms with E-state index in [0.717, 1.165) is 11.1 Å². The molecule has 2 N–H and O–H groups in total. The number of halogens is 8. The van der Waals surface area contributed by atoms with Gasteiger partial charge in [0.1, 0.15) is 0 Å². The van der Waals surface area contributed by atoms with Gasteiger partial charge in [-0.2, -0.15) is 35.1 Å². The highest BCUT2D eigenvalue weighted by Crippen LogP contribution is 2.53. The summed E-state index contributed by atoms with van der Waals surface area (Å²) in [6.07, 6.45) is 0. The van der Waals surface area contributed by atoms with Crippen LogP contribution in [-0.2, 0) is 9.59 Å². The molecule has 222 valence electrons. The number of nitrogens with one attached hydrogen (secondary N) is 2. The number of rotatable bonds is 9. The zero-order chi connectivity index (χ0) is 31.1. The number of carbonyl (C=O) groups is 2. The molecule has 0 bridgehead atoms. The van der Waals surface area contributed by atoms with Gasteiger partial charge in [-0.1, -0.05) is 59.7 Å². The number of aromatic nitrogens is 2. The molecular formula is C26H18F8N4O2S2. The maximum Gasteiger partial charge on any atom is 0.393 e. The van der Waals surface area contributed by atoms with Crippen LogP contribution in [0.4, 0.5) is 45.4 Å². The number of aryl methyl sites for hydroxylation is 2. The van der Waals surface area contributed by atoms with Crippen molar-refractivity contribution in [1.82, 2.24) is 9.97 Å². The number of anilines is 2. The van der Waals surface area contributed by atoms with Crippen LogP contribution < -0.4 is 10.6 Å². The Morgan fingerprint density at radius 2 is 0.905 bits per heavy atom. The summed E-state index contributed by atoms with van der Waals surface area (Å²) in [5, 5.41) is 3.65. The number of hydrogen-bond donors (Lipinski definition) is 2. The second kappa shape index (κ2) is 11.1. The molecule has 4 aromatic rings. The van der Waals surface area contributed by atoms with Gasteiger partial charge < -0.3 is 0 Å². The van der Waals surface area contributed by atoms with E-state index in [-0.39, 0.29) is 11.4 Å². The highest BCUT2D eigenvalue weighted by molar-refractivity contribution is 7.14. The Kier molecular flexibility index (Phi) is 8.17. The first kappa shape index (κ1) is 31.0. The van der Waals surface area contributed by atoms with Gasteiger partial charge in [-0.3, -0.25) is 20.2 Å². The van der Waals surface area contributed by atoms with E-state index < -0.39 is 45.8 Å². The Labute approximate surface area is 240 Å². The van der Waals surface area contributed by atoms with Gasteiger partial charge in [0, 0.05) is 21.9 Å². The minimum Gasteiger partial charge on any atom is -0.296 e. The van der Waals surface area contributed by atoms with Crippen LogP contribution in [0.5, 0.6) is 0 Å². The Hall–Kier alpha value is -3.92. The minimum absolute atomic E-state index is 0.131. The largest absolute Gasteiger partial charge is 0.393 e. The third-order valence-corrected chi connectivity index (χ3v) is 7.41. The van der Waals surface area contributed by atoms with Crippen molar-refractivity contribution < 1.29 is 44.7 Å². The minimum atomic E-state index is -7.03. The van der Waals surface area contributed by atoms with Gasteiger partial charge in [-0.25, -0.2) is 9.97 Å². The molecule has 2 aromatic heterocycles. The lowest BCUT2D eigenvalue weighted by Gasteiger charge is -2.35. The molecule has 0 saturated heterocycles. The van der Waals surface area contributed by atoms with Gasteiger partial charge in [0.15, 0.2) is 10.3 Å². The van der Waals surface area contributed by atoms with Crippen molar-refractivity contribution in [2.75, 3.05) is 10.6 Å². The number of alkyl halides is 8. The summed E-state index contributed by atoms with van der Waals surface area (Å²) in [7, 11) is 0. The van der Waals surface area contributed by atoms with E-state index in [1.807, 2.05) is 0 Å². The standard InChI is InChI=1S/C26H18F8N4O2S2/c1-13-3-7-15(8-4-13)17-11-41-21(35-17)37-19(39)23(27,28)25(31,32)26(33,34)24(29,30)20(40)38-22-36-18(12-42-22)16-9-5-14(2)6-10-16/h3-12H,1-2H3,(H,35,37,39)(H,36,38,40). The van der Waals surface area contributed by atoms with Crippen molar-refractivity contribution >= 4 is 44.8 Å². The second-order valence-corrected chi connectivity index (χ2v) is 10.7. The zero-order valence-corrected chi connectivity index (χ0v) is 23.0. The number of nitrogens with zero attached hydrogens (tertiary/aromatic N) is 2. The van der Waals surface area contributed by atoms with Crippen LogP contribution in [0.15, 0.2) is 59.3 Å². The maximum absolute atomic E-state index is 14.5. The molecule has 42 heavy (non-hydrogen) atoms. The van der Waals surface area contributed by atoms with E-state index >= 15 is 0 Å². The lowest BCUT2D eigenvalue weighted by Crippen LogP contribution is -2.67. The number of thiazole rings is 2. The van der Waals surface area contributed by atoms with Crippen LogP contribution in [0, 0.1) is 13.8 Å². The van der Waals surface area contributed by atoms with Crippen molar-refractivity contribution in [2.24, 2.45) is 0 Å². The Morgan fingerprint density at radius 3 is 1.21 bits per heavy atom. The van der Waals surface area contributed by atoms with Gasteiger partial charge in [0.2, 0.25) is 0 Å². The van der Waals surface area contributed by atoms with E-state index in [2.05, 4.69) is 9.97 Å². The molecule has 6 nitrogen and oxygen atoms in total. The molecule has 4 rings (SSSR count). The van der Waals surface area contributed by atoms with E-state index in [0.29, 0.717) is 33.8 Å². The van der Waals surface area contributed by atoms with Gasteiger partial charge in [0.05, 0.1) is 11.4 Å². The monoisotopic (exact) mass is 634 g/mol. The average Bonchev–Trinajstić information content (AvgIpc) is 3.59. The molecule has 0 unspecified atom stereocenters. The van der Waals surface area contributed by atoms with Crippen LogP contribution in [0.2, 0.25) is 0 Å². The molecule has 0 atom stereocenters. The molecule has 2 amide bonds. The Balaban J connectivity index is 1.50. The highest BCUT2D eigenvalue weighted by Gasteiger charge is 2.84. The predicted molar refractivity (Wildman–Crippen MR) is 142 cm³/mol. The van der Waals surface area contributed by atoms with Crippen molar-refractivity contribution in [1.29, 1.82) is 0 Å². The van der Waals surface area contributed by atoms with Gasteiger partial charge in [0.25, 0.3) is 0 Å². The normalized spacial score (nSPS) is 12.7. The van der Waals surface area contributed by atoms with Crippen LogP contribution in [0.3, 0.4) is 0 Å². The molecule has 0 radical (unpaired) electrons. The molecule has 0 aliphatic rings. The summed E-state index contributed by atoms with van der Waals surface area (Å²) in [6, 6.07) is 13.1.